The van der Waals surface area contributed by atoms with E-state index in [0.717, 1.165) is 5.52 Å². The van der Waals surface area contributed by atoms with Gasteiger partial charge in [0.05, 0.1) is 22.9 Å². The maximum absolute atomic E-state index is 14.2. The minimum atomic E-state index is -1.96. The molecule has 0 aliphatic heterocycles. The largest absolute Gasteiger partial charge is 0.378 e. The molecule has 0 fully saturated rings. The highest BCUT2D eigenvalue weighted by Crippen LogP contribution is 2.37. The molecule has 1 atom stereocenters. The second-order valence-electron chi connectivity index (χ2n) is 7.17. The number of rotatable bonds is 4. The van der Waals surface area contributed by atoms with Crippen molar-refractivity contribution in [3.8, 4) is 5.69 Å². The molecule has 0 aliphatic carbocycles. The van der Waals surface area contributed by atoms with Crippen molar-refractivity contribution in [1.29, 1.82) is 0 Å². The monoisotopic (exact) mass is 407 g/mol. The summed E-state index contributed by atoms with van der Waals surface area (Å²) in [4.78, 5) is 2.78. The summed E-state index contributed by atoms with van der Waals surface area (Å²) in [6.45, 7) is -1.09. The molecule has 7 heteroatoms. The lowest BCUT2D eigenvalue weighted by Gasteiger charge is -2.25. The number of aromatic amines is 1. The van der Waals surface area contributed by atoms with Crippen LogP contribution in [0.2, 0.25) is 0 Å². The number of para-hydroxylation sites is 1. The van der Waals surface area contributed by atoms with E-state index in [1.54, 1.807) is 47.3 Å². The number of aliphatic hydroxyl groups is 1. The highest BCUT2D eigenvalue weighted by Gasteiger charge is 2.35. The fraction of sp³-hybridized carbons (Fsp3) is 0.0870. The van der Waals surface area contributed by atoms with Crippen molar-refractivity contribution >= 4 is 21.8 Å². The standard InChI is InChI=1S/C23H16F3N3O/c24-13-23(30,19-12-27-22-18(19)2-1-3-20(22)26)15-4-9-21-14(10-15)11-28-29(21)17-7-5-16(25)6-8-17/h1-12,27,30H,13H2. The highest BCUT2D eigenvalue weighted by atomic mass is 19.1. The van der Waals surface area contributed by atoms with Crippen LogP contribution < -0.4 is 0 Å². The Hall–Kier alpha value is -3.58. The predicted molar refractivity (Wildman–Crippen MR) is 108 cm³/mol. The minimum Gasteiger partial charge on any atom is -0.378 e. The Morgan fingerprint density at radius 2 is 1.83 bits per heavy atom. The third-order valence-electron chi connectivity index (χ3n) is 5.42. The van der Waals surface area contributed by atoms with Gasteiger partial charge < -0.3 is 10.1 Å². The first kappa shape index (κ1) is 18.4. The van der Waals surface area contributed by atoms with Crippen LogP contribution in [-0.4, -0.2) is 26.5 Å². The number of nitrogens with zero attached hydrogens (tertiary/aromatic N) is 2. The number of fused-ring (bicyclic) bond motifs is 2. The zero-order valence-corrected chi connectivity index (χ0v) is 15.6. The van der Waals surface area contributed by atoms with Crippen LogP contribution in [0.1, 0.15) is 11.1 Å². The van der Waals surface area contributed by atoms with Gasteiger partial charge in [0.15, 0.2) is 0 Å². The van der Waals surface area contributed by atoms with Crippen molar-refractivity contribution < 1.29 is 18.3 Å². The van der Waals surface area contributed by atoms with Gasteiger partial charge in [0.2, 0.25) is 0 Å². The third-order valence-corrected chi connectivity index (χ3v) is 5.42. The van der Waals surface area contributed by atoms with Crippen LogP contribution in [0.15, 0.2) is 73.1 Å². The lowest BCUT2D eigenvalue weighted by molar-refractivity contribution is 0.0534. The summed E-state index contributed by atoms with van der Waals surface area (Å²) in [5.74, 6) is -0.823. The summed E-state index contributed by atoms with van der Waals surface area (Å²) < 4.78 is 43.1. The zero-order valence-electron chi connectivity index (χ0n) is 15.6. The Labute approximate surface area is 169 Å². The van der Waals surface area contributed by atoms with Gasteiger partial charge in [0, 0.05) is 22.5 Å². The molecule has 1 unspecified atom stereocenters. The maximum atomic E-state index is 14.2. The number of alkyl halides is 1. The molecule has 0 amide bonds. The normalized spacial score (nSPS) is 13.7. The van der Waals surface area contributed by atoms with Gasteiger partial charge in [-0.2, -0.15) is 5.10 Å². The molecule has 5 aromatic rings. The van der Waals surface area contributed by atoms with Gasteiger partial charge in [-0.1, -0.05) is 18.2 Å². The van der Waals surface area contributed by atoms with E-state index in [1.807, 2.05) is 0 Å². The molecule has 2 aromatic heterocycles. The SMILES string of the molecule is OC(CF)(c1ccc2c(cnn2-c2ccc(F)cc2)c1)c1c[nH]c2c(F)cccc12. The van der Waals surface area contributed by atoms with E-state index >= 15 is 0 Å². The van der Waals surface area contributed by atoms with Crippen LogP contribution in [-0.2, 0) is 5.60 Å². The third kappa shape index (κ3) is 2.70. The summed E-state index contributed by atoms with van der Waals surface area (Å²) in [7, 11) is 0. The Bertz CT molecular complexity index is 1370. The fourth-order valence-electron chi connectivity index (χ4n) is 3.84. The highest BCUT2D eigenvalue weighted by molar-refractivity contribution is 5.86. The van der Waals surface area contributed by atoms with Crippen LogP contribution in [0.4, 0.5) is 13.2 Å². The first-order chi connectivity index (χ1) is 14.5. The van der Waals surface area contributed by atoms with Crippen molar-refractivity contribution in [3.05, 3.63) is 95.8 Å². The molecule has 30 heavy (non-hydrogen) atoms. The molecule has 0 saturated heterocycles. The van der Waals surface area contributed by atoms with Crippen LogP contribution in [0.3, 0.4) is 0 Å². The molecule has 0 radical (unpaired) electrons. The van der Waals surface area contributed by atoms with E-state index < -0.39 is 18.1 Å². The number of nitrogens with one attached hydrogen (secondary N) is 1. The minimum absolute atomic E-state index is 0.213. The molecule has 150 valence electrons. The summed E-state index contributed by atoms with van der Waals surface area (Å²) in [6, 6.07) is 15.3. The Morgan fingerprint density at radius 1 is 1.03 bits per heavy atom. The summed E-state index contributed by atoms with van der Waals surface area (Å²) in [6.07, 6.45) is 3.02. The zero-order chi connectivity index (χ0) is 20.9. The van der Waals surface area contributed by atoms with E-state index in [-0.39, 0.29) is 16.9 Å². The van der Waals surface area contributed by atoms with Crippen molar-refractivity contribution in [2.75, 3.05) is 6.67 Å². The lowest BCUT2D eigenvalue weighted by atomic mass is 9.86. The molecule has 3 aromatic carbocycles. The number of H-pyrrole nitrogens is 1. The van der Waals surface area contributed by atoms with Crippen LogP contribution in [0.25, 0.3) is 27.5 Å². The van der Waals surface area contributed by atoms with Gasteiger partial charge >= 0.3 is 0 Å². The number of benzene rings is 3. The van der Waals surface area contributed by atoms with Gasteiger partial charge in [-0.25, -0.2) is 17.9 Å². The molecular formula is C23H16F3N3O. The molecule has 0 aliphatic rings. The van der Waals surface area contributed by atoms with Gasteiger partial charge in [0.25, 0.3) is 0 Å². The van der Waals surface area contributed by atoms with Crippen molar-refractivity contribution in [1.82, 2.24) is 14.8 Å². The van der Waals surface area contributed by atoms with Crippen LogP contribution in [0.5, 0.6) is 0 Å². The van der Waals surface area contributed by atoms with Gasteiger partial charge in [0.1, 0.15) is 23.9 Å². The van der Waals surface area contributed by atoms with Crippen molar-refractivity contribution in [2.45, 2.75) is 5.60 Å². The molecule has 2 heterocycles. The number of hydrogen-bond acceptors (Lipinski definition) is 2. The van der Waals surface area contributed by atoms with E-state index in [9.17, 15) is 18.3 Å². The lowest BCUT2D eigenvalue weighted by Crippen LogP contribution is -2.29. The Kier molecular flexibility index (Phi) is 4.15. The average molecular weight is 407 g/mol. The number of hydrogen-bond donors (Lipinski definition) is 2. The Balaban J connectivity index is 1.64. The van der Waals surface area contributed by atoms with E-state index in [0.29, 0.717) is 22.0 Å². The second-order valence-corrected chi connectivity index (χ2v) is 7.17. The quantitative estimate of drug-likeness (QED) is 0.441. The summed E-state index contributed by atoms with van der Waals surface area (Å²) in [5.41, 5.74) is 0.220. The van der Waals surface area contributed by atoms with Crippen molar-refractivity contribution in [3.63, 3.8) is 0 Å². The topological polar surface area (TPSA) is 53.8 Å². The van der Waals surface area contributed by atoms with E-state index in [4.69, 9.17) is 0 Å². The molecule has 0 bridgehead atoms. The van der Waals surface area contributed by atoms with Gasteiger partial charge in [-0.05, 0) is 48.0 Å². The molecule has 5 rings (SSSR count). The van der Waals surface area contributed by atoms with Crippen LogP contribution >= 0.6 is 0 Å². The van der Waals surface area contributed by atoms with Gasteiger partial charge in [-0.15, -0.1) is 0 Å². The van der Waals surface area contributed by atoms with E-state index in [2.05, 4.69) is 10.1 Å². The maximum Gasteiger partial charge on any atom is 0.147 e. The molecular weight excluding hydrogens is 391 g/mol. The summed E-state index contributed by atoms with van der Waals surface area (Å²) >= 11 is 0. The van der Waals surface area contributed by atoms with Crippen molar-refractivity contribution in [2.24, 2.45) is 0 Å². The fourth-order valence-corrected chi connectivity index (χ4v) is 3.84. The molecule has 4 nitrogen and oxygen atoms in total. The first-order valence-corrected chi connectivity index (χ1v) is 9.30. The second kappa shape index (κ2) is 6.74. The molecule has 0 saturated carbocycles. The Morgan fingerprint density at radius 3 is 2.60 bits per heavy atom. The number of aromatic nitrogens is 3. The van der Waals surface area contributed by atoms with Crippen LogP contribution in [0, 0.1) is 11.6 Å². The molecule has 0 spiro atoms. The van der Waals surface area contributed by atoms with E-state index in [1.165, 1.54) is 30.5 Å². The first-order valence-electron chi connectivity index (χ1n) is 9.30. The smallest absolute Gasteiger partial charge is 0.147 e. The van der Waals surface area contributed by atoms with Gasteiger partial charge in [-0.3, -0.25) is 0 Å². The summed E-state index contributed by atoms with van der Waals surface area (Å²) in [5, 5.41) is 16.7. The predicted octanol–water partition coefficient (Wildman–Crippen LogP) is 4.99. The average Bonchev–Trinajstić information content (AvgIpc) is 3.39. The molecule has 2 N–H and O–H groups in total. The number of halogens is 3.